The molecular weight excluding hydrogens is 342 g/mol. The second-order valence-electron chi connectivity index (χ2n) is 6.21. The molecule has 1 N–H and O–H groups in total. The molecule has 0 aliphatic rings. The van der Waals surface area contributed by atoms with Gasteiger partial charge in [-0.15, -0.1) is 11.3 Å². The minimum absolute atomic E-state index is 0.142. The minimum Gasteiger partial charge on any atom is -0.305 e. The van der Waals surface area contributed by atoms with Crippen molar-refractivity contribution in [2.24, 2.45) is 0 Å². The van der Waals surface area contributed by atoms with Crippen LogP contribution in [0.15, 0.2) is 53.9 Å². The Morgan fingerprint density at radius 3 is 2.81 bits per heavy atom. The summed E-state index contributed by atoms with van der Waals surface area (Å²) in [4.78, 5) is 22.2. The molecule has 0 aliphatic carbocycles. The fourth-order valence-corrected chi connectivity index (χ4v) is 3.82. The summed E-state index contributed by atoms with van der Waals surface area (Å²) in [6, 6.07) is 15.7. The van der Waals surface area contributed by atoms with Gasteiger partial charge in [-0.3, -0.25) is 4.79 Å². The Labute approximate surface area is 155 Å². The van der Waals surface area contributed by atoms with Crippen LogP contribution in [0.5, 0.6) is 0 Å². The Balaban J connectivity index is 1.72. The van der Waals surface area contributed by atoms with Gasteiger partial charge in [0.15, 0.2) is 5.82 Å². The highest BCUT2D eigenvalue weighted by Gasteiger charge is 2.15. The molecule has 0 spiro atoms. The van der Waals surface area contributed by atoms with Gasteiger partial charge in [0.2, 0.25) is 0 Å². The van der Waals surface area contributed by atoms with E-state index in [2.05, 4.69) is 22.2 Å². The van der Waals surface area contributed by atoms with Gasteiger partial charge in [0.1, 0.15) is 5.82 Å². The number of nitrogens with zero attached hydrogens (tertiary/aromatic N) is 2. The van der Waals surface area contributed by atoms with Gasteiger partial charge in [-0.05, 0) is 34.7 Å². The highest BCUT2D eigenvalue weighted by atomic mass is 32.1. The van der Waals surface area contributed by atoms with Gasteiger partial charge in [-0.25, -0.2) is 9.97 Å². The first-order valence-corrected chi connectivity index (χ1v) is 9.67. The zero-order valence-electron chi connectivity index (χ0n) is 14.5. The third kappa shape index (κ3) is 3.18. The summed E-state index contributed by atoms with van der Waals surface area (Å²) in [6.45, 7) is 2.15. The molecule has 26 heavy (non-hydrogen) atoms. The van der Waals surface area contributed by atoms with Crippen molar-refractivity contribution in [1.82, 2.24) is 9.97 Å². The molecule has 4 nitrogen and oxygen atoms in total. The largest absolute Gasteiger partial charge is 0.305 e. The number of nitrogens with one attached hydrogen (secondary N) is 1. The van der Waals surface area contributed by atoms with Crippen LogP contribution in [-0.4, -0.2) is 15.9 Å². The van der Waals surface area contributed by atoms with Crippen molar-refractivity contribution in [2.75, 3.05) is 5.32 Å². The van der Waals surface area contributed by atoms with E-state index >= 15 is 0 Å². The number of aryl methyl sites for hydroxylation is 1. The highest BCUT2D eigenvalue weighted by molar-refractivity contribution is 7.17. The summed E-state index contributed by atoms with van der Waals surface area (Å²) in [5, 5.41) is 6.99. The Bertz CT molecular complexity index is 1080. The fraction of sp³-hybridized carbons (Fsp3) is 0.190. The van der Waals surface area contributed by atoms with Gasteiger partial charge >= 0.3 is 0 Å². The van der Waals surface area contributed by atoms with Gasteiger partial charge in [0, 0.05) is 12.0 Å². The van der Waals surface area contributed by atoms with E-state index in [-0.39, 0.29) is 5.91 Å². The monoisotopic (exact) mass is 361 g/mol. The number of hydrogen-bond donors (Lipinski definition) is 1. The van der Waals surface area contributed by atoms with Crippen molar-refractivity contribution in [3.8, 4) is 0 Å². The molecule has 1 amide bonds. The van der Waals surface area contributed by atoms with E-state index in [4.69, 9.17) is 0 Å². The maximum atomic E-state index is 13.0. The summed E-state index contributed by atoms with van der Waals surface area (Å²) in [7, 11) is 0. The molecule has 2 aromatic heterocycles. The normalized spacial score (nSPS) is 11.1. The number of fused-ring (bicyclic) bond motifs is 2. The lowest BCUT2D eigenvalue weighted by molar-refractivity contribution is 0.102. The lowest BCUT2D eigenvalue weighted by Crippen LogP contribution is -2.14. The molecule has 0 radical (unpaired) electrons. The lowest BCUT2D eigenvalue weighted by Gasteiger charge is -2.09. The number of carbonyl (C=O) groups is 1. The number of anilines is 1. The first-order chi connectivity index (χ1) is 12.8. The summed E-state index contributed by atoms with van der Waals surface area (Å²) in [6.07, 6.45) is 2.94. The number of hydrogen-bond acceptors (Lipinski definition) is 4. The Hall–Kier alpha value is -2.79. The number of benzene rings is 2. The van der Waals surface area contributed by atoms with Crippen LogP contribution >= 0.6 is 11.3 Å². The van der Waals surface area contributed by atoms with Gasteiger partial charge in [0.25, 0.3) is 5.91 Å². The highest BCUT2D eigenvalue weighted by Crippen LogP contribution is 2.27. The predicted molar refractivity (Wildman–Crippen MR) is 108 cm³/mol. The third-order valence-electron chi connectivity index (χ3n) is 4.37. The zero-order valence-corrected chi connectivity index (χ0v) is 15.3. The molecule has 2 aromatic carbocycles. The van der Waals surface area contributed by atoms with Crippen LogP contribution in [-0.2, 0) is 6.42 Å². The van der Waals surface area contributed by atoms with E-state index in [1.807, 2.05) is 53.9 Å². The first-order valence-electron chi connectivity index (χ1n) is 8.79. The topological polar surface area (TPSA) is 54.9 Å². The third-order valence-corrected chi connectivity index (χ3v) is 5.28. The Kier molecular flexibility index (Phi) is 4.63. The number of amides is 1. The predicted octanol–water partition coefficient (Wildman–Crippen LogP) is 5.44. The Morgan fingerprint density at radius 1 is 1.08 bits per heavy atom. The first kappa shape index (κ1) is 16.7. The smallest absolute Gasteiger partial charge is 0.257 e. The van der Waals surface area contributed by atoms with Gasteiger partial charge < -0.3 is 5.32 Å². The maximum Gasteiger partial charge on any atom is 0.257 e. The number of aromatic nitrogens is 2. The van der Waals surface area contributed by atoms with Crippen molar-refractivity contribution in [3.63, 3.8) is 0 Å². The minimum atomic E-state index is -0.142. The second kappa shape index (κ2) is 7.22. The van der Waals surface area contributed by atoms with Crippen molar-refractivity contribution < 1.29 is 4.79 Å². The van der Waals surface area contributed by atoms with Gasteiger partial charge in [0.05, 0.1) is 10.2 Å². The molecule has 130 valence electrons. The van der Waals surface area contributed by atoms with Crippen molar-refractivity contribution in [2.45, 2.75) is 26.2 Å². The van der Waals surface area contributed by atoms with Crippen molar-refractivity contribution in [1.29, 1.82) is 0 Å². The summed E-state index contributed by atoms with van der Waals surface area (Å²) < 4.78 is 0.916. The average molecular weight is 361 g/mol. The molecule has 0 fully saturated rings. The number of unbranched alkanes of at least 4 members (excludes halogenated alkanes) is 1. The molecule has 0 saturated carbocycles. The van der Waals surface area contributed by atoms with Crippen LogP contribution in [0.25, 0.3) is 21.0 Å². The SMILES string of the molecule is CCCCc1nc(NC(=O)c2cccc3ccccc23)c2sccc2n1. The number of thiophene rings is 1. The van der Waals surface area contributed by atoms with E-state index in [0.717, 1.165) is 46.1 Å². The molecule has 0 atom stereocenters. The van der Waals surface area contributed by atoms with Crippen LogP contribution in [0.1, 0.15) is 35.9 Å². The van der Waals surface area contributed by atoms with Crippen molar-refractivity contribution in [3.05, 3.63) is 65.3 Å². The maximum absolute atomic E-state index is 13.0. The van der Waals surface area contributed by atoms with Gasteiger partial charge in [-0.2, -0.15) is 0 Å². The van der Waals surface area contributed by atoms with E-state index in [9.17, 15) is 4.79 Å². The summed E-state index contributed by atoms with van der Waals surface area (Å²) >= 11 is 1.55. The summed E-state index contributed by atoms with van der Waals surface area (Å²) in [5.41, 5.74) is 1.55. The van der Waals surface area contributed by atoms with Gasteiger partial charge in [-0.1, -0.05) is 49.7 Å². The fourth-order valence-electron chi connectivity index (χ4n) is 3.04. The van der Waals surface area contributed by atoms with Crippen LogP contribution in [0.3, 0.4) is 0 Å². The van der Waals surface area contributed by atoms with E-state index in [1.54, 1.807) is 11.3 Å². The Morgan fingerprint density at radius 2 is 1.92 bits per heavy atom. The zero-order chi connectivity index (χ0) is 17.9. The molecule has 0 saturated heterocycles. The molecule has 0 aliphatic heterocycles. The van der Waals surface area contributed by atoms with Crippen LogP contribution < -0.4 is 5.32 Å². The van der Waals surface area contributed by atoms with Crippen LogP contribution in [0.4, 0.5) is 5.82 Å². The van der Waals surface area contributed by atoms with E-state index in [1.165, 1.54) is 0 Å². The molecule has 0 bridgehead atoms. The number of rotatable bonds is 5. The molecule has 4 rings (SSSR count). The second-order valence-corrected chi connectivity index (χ2v) is 7.12. The van der Waals surface area contributed by atoms with E-state index in [0.29, 0.717) is 11.4 Å². The molecular formula is C21H19N3OS. The molecule has 2 heterocycles. The van der Waals surface area contributed by atoms with Crippen molar-refractivity contribution >= 4 is 44.1 Å². The lowest BCUT2D eigenvalue weighted by atomic mass is 10.0. The van der Waals surface area contributed by atoms with Crippen LogP contribution in [0, 0.1) is 0 Å². The molecule has 0 unspecified atom stereocenters. The molecule has 4 aromatic rings. The average Bonchev–Trinajstić information content (AvgIpc) is 3.14. The quantitative estimate of drug-likeness (QED) is 0.515. The standard InChI is InChI=1S/C21H19N3OS/c1-2-3-11-18-22-17-12-13-26-19(17)20(23-18)24-21(25)16-10-6-8-14-7-4-5-9-15(14)16/h4-10,12-13H,2-3,11H2,1H3,(H,22,23,24,25). The summed E-state index contributed by atoms with van der Waals surface area (Å²) in [5.74, 6) is 1.25. The van der Waals surface area contributed by atoms with E-state index < -0.39 is 0 Å². The number of carbonyl (C=O) groups excluding carboxylic acids is 1. The molecule has 5 heteroatoms. The van der Waals surface area contributed by atoms with Crippen LogP contribution in [0.2, 0.25) is 0 Å².